The maximum Gasteiger partial charge on any atom is 0.407 e. The molecule has 0 saturated carbocycles. The Morgan fingerprint density at radius 1 is 1.09 bits per heavy atom. The quantitative estimate of drug-likeness (QED) is 0.214. The number of methoxy groups -OCH3 is 1. The molecule has 0 aliphatic carbocycles. The predicted molar refractivity (Wildman–Crippen MR) is 170 cm³/mol. The van der Waals surface area contributed by atoms with E-state index in [4.69, 9.17) is 24.7 Å². The number of nitrogens with one attached hydrogen (secondary N) is 2. The molecular weight excluding hydrogens is 638 g/mol. The number of aliphatic hydroxyl groups excluding tert-OH is 1. The molecule has 2 aliphatic rings. The number of rotatable bonds is 15. The summed E-state index contributed by atoms with van der Waals surface area (Å²) >= 11 is 0. The molecule has 256 valence electrons. The van der Waals surface area contributed by atoms with Crippen molar-refractivity contribution >= 4 is 26.0 Å². The van der Waals surface area contributed by atoms with Crippen molar-refractivity contribution in [3.05, 3.63) is 60.2 Å². The maximum absolute atomic E-state index is 14.4. The molecule has 13 nitrogen and oxygen atoms in total. The Balaban J connectivity index is 1.69. The molecule has 46 heavy (non-hydrogen) atoms. The van der Waals surface area contributed by atoms with Crippen molar-refractivity contribution in [3.8, 4) is 5.75 Å². The van der Waals surface area contributed by atoms with Crippen LogP contribution in [0.4, 0.5) is 4.79 Å². The van der Waals surface area contributed by atoms with Gasteiger partial charge in [-0.1, -0.05) is 44.2 Å². The molecule has 0 aromatic heterocycles. The molecule has 2 aliphatic heterocycles. The smallest absolute Gasteiger partial charge is 0.407 e. The Kier molecular flexibility index (Phi) is 11.4. The van der Waals surface area contributed by atoms with E-state index >= 15 is 0 Å². The molecule has 2 saturated heterocycles. The van der Waals surface area contributed by atoms with E-state index in [1.54, 1.807) is 38.1 Å². The number of amides is 1. The van der Waals surface area contributed by atoms with Gasteiger partial charge >= 0.3 is 6.09 Å². The Morgan fingerprint density at radius 2 is 1.76 bits per heavy atom. The third kappa shape index (κ3) is 8.76. The van der Waals surface area contributed by atoms with Crippen LogP contribution in [0.5, 0.6) is 5.75 Å². The van der Waals surface area contributed by atoms with E-state index in [1.165, 1.54) is 31.4 Å². The van der Waals surface area contributed by atoms with Gasteiger partial charge in [0.2, 0.25) is 10.0 Å². The summed E-state index contributed by atoms with van der Waals surface area (Å²) in [6.45, 7) is 4.14. The zero-order valence-electron chi connectivity index (χ0n) is 26.5. The van der Waals surface area contributed by atoms with Crippen molar-refractivity contribution in [3.63, 3.8) is 0 Å². The highest BCUT2D eigenvalue weighted by atomic mass is 32.2. The highest BCUT2D eigenvalue weighted by Crippen LogP contribution is 2.39. The number of fused-ring (bicyclic) bond motifs is 1. The lowest BCUT2D eigenvalue weighted by Gasteiger charge is -2.42. The zero-order valence-corrected chi connectivity index (χ0v) is 28.2. The maximum atomic E-state index is 14.4. The van der Waals surface area contributed by atoms with E-state index in [-0.39, 0.29) is 43.2 Å². The van der Waals surface area contributed by atoms with Crippen LogP contribution in [0, 0.1) is 11.3 Å². The second-order valence-electron chi connectivity index (χ2n) is 12.7. The Hall–Kier alpha value is -2.79. The number of alkyl carbamates (subject to hydrolysis) is 1. The minimum Gasteiger partial charge on any atom is -0.497 e. The lowest BCUT2D eigenvalue weighted by molar-refractivity contribution is -0.0907. The van der Waals surface area contributed by atoms with E-state index in [0.717, 1.165) is 6.26 Å². The van der Waals surface area contributed by atoms with Gasteiger partial charge < -0.3 is 35.1 Å². The molecule has 15 heteroatoms. The first-order valence-electron chi connectivity index (χ1n) is 15.1. The molecule has 0 radical (unpaired) electrons. The van der Waals surface area contributed by atoms with Crippen LogP contribution in [0.2, 0.25) is 0 Å². The minimum atomic E-state index is -4.51. The van der Waals surface area contributed by atoms with Crippen LogP contribution in [0.15, 0.2) is 59.5 Å². The van der Waals surface area contributed by atoms with Crippen LogP contribution in [0.1, 0.15) is 38.7 Å². The summed E-state index contributed by atoms with van der Waals surface area (Å²) < 4.78 is 76.7. The van der Waals surface area contributed by atoms with Gasteiger partial charge in [0, 0.05) is 6.54 Å². The lowest BCUT2D eigenvalue weighted by atomic mass is 9.79. The molecule has 0 spiro atoms. The van der Waals surface area contributed by atoms with Crippen molar-refractivity contribution in [2.75, 3.05) is 33.1 Å². The topological polar surface area (TPSA) is 193 Å². The van der Waals surface area contributed by atoms with Crippen LogP contribution in [0.25, 0.3) is 0 Å². The summed E-state index contributed by atoms with van der Waals surface area (Å²) in [5.41, 5.74) is 6.70. The lowest BCUT2D eigenvalue weighted by Crippen LogP contribution is -2.65. The molecule has 4 rings (SSSR count). The number of sulfone groups is 1. The molecule has 2 aromatic carbocycles. The minimum absolute atomic E-state index is 0.0218. The van der Waals surface area contributed by atoms with Crippen LogP contribution in [0.3, 0.4) is 0 Å². The summed E-state index contributed by atoms with van der Waals surface area (Å²) in [6.07, 6.45) is -2.10. The van der Waals surface area contributed by atoms with Gasteiger partial charge in [-0.15, -0.1) is 0 Å². The van der Waals surface area contributed by atoms with E-state index in [1.807, 2.05) is 6.07 Å². The average molecular weight is 684 g/mol. The number of aliphatic hydroxyl groups is 1. The van der Waals surface area contributed by atoms with Crippen LogP contribution in [-0.4, -0.2) is 90.6 Å². The van der Waals surface area contributed by atoms with Crippen LogP contribution >= 0.6 is 0 Å². The second-order valence-corrected chi connectivity index (χ2v) is 16.8. The monoisotopic (exact) mass is 683 g/mol. The summed E-state index contributed by atoms with van der Waals surface area (Å²) in [6, 6.07) is 13.4. The summed E-state index contributed by atoms with van der Waals surface area (Å²) in [5.74, 6) is 0.292. The second kappa shape index (κ2) is 14.5. The Labute approximate surface area is 271 Å². The number of benzene rings is 2. The SMILES string of the molecule is COc1ccc(S(=O)(=O)C(N)(CC(C)(C)CCNS(C)(=O)=O)[C@H](O)[C@H](Cc2ccccc2)NC(=O)O[C@@H]2CO[C@@H]3OCC[C@@H]32)cc1. The number of hydrogen-bond donors (Lipinski definition) is 4. The number of sulfonamides is 1. The number of ether oxygens (including phenoxy) is 4. The molecule has 0 bridgehead atoms. The summed E-state index contributed by atoms with van der Waals surface area (Å²) in [7, 11) is -6.57. The van der Waals surface area contributed by atoms with Gasteiger partial charge in [0.25, 0.3) is 0 Å². The van der Waals surface area contributed by atoms with E-state index in [2.05, 4.69) is 10.0 Å². The normalized spacial score (nSPS) is 22.8. The van der Waals surface area contributed by atoms with E-state index in [9.17, 15) is 26.7 Å². The molecule has 2 heterocycles. The number of nitrogens with two attached hydrogens (primary N) is 1. The molecule has 5 N–H and O–H groups in total. The van der Waals surface area contributed by atoms with Gasteiger partial charge in [0.1, 0.15) is 18.0 Å². The van der Waals surface area contributed by atoms with Crippen molar-refractivity contribution in [1.29, 1.82) is 0 Å². The standard InChI is InChI=1S/C31H45N3O10S2/c1-30(2,15-16-33-45(4,37)38)20-31(32,46(39,40)23-12-10-22(41-3)11-13-23)27(35)25(18-21-8-6-5-7-9-21)34-29(36)44-26-19-43-28-24(26)14-17-42-28/h5-13,24-28,33,35H,14-20,32H2,1-4H3,(H,34,36)/t24-,25+,26-,27-,28+,31?/m1/s1. The number of carbonyl (C=O) groups is 1. The predicted octanol–water partition coefficient (Wildman–Crippen LogP) is 1.94. The van der Waals surface area contributed by atoms with Crippen LogP contribution in [-0.2, 0) is 40.5 Å². The third-order valence-electron chi connectivity index (χ3n) is 8.52. The summed E-state index contributed by atoms with van der Waals surface area (Å²) in [4.78, 5) is 10.8. The van der Waals surface area contributed by atoms with E-state index < -0.39 is 60.8 Å². The third-order valence-corrected chi connectivity index (χ3v) is 11.5. The van der Waals surface area contributed by atoms with Crippen LogP contribution < -0.4 is 20.5 Å². The molecule has 2 fully saturated rings. The highest BCUT2D eigenvalue weighted by Gasteiger charge is 2.53. The van der Waals surface area contributed by atoms with Gasteiger partial charge in [-0.05, 0) is 60.9 Å². The summed E-state index contributed by atoms with van der Waals surface area (Å²) in [5, 5.41) is 14.8. The van der Waals surface area contributed by atoms with Gasteiger partial charge in [-0.25, -0.2) is 26.4 Å². The van der Waals surface area contributed by atoms with Gasteiger partial charge in [0.15, 0.2) is 21.0 Å². The molecule has 1 amide bonds. The van der Waals surface area contributed by atoms with Crippen molar-refractivity contribution < 1.29 is 45.7 Å². The Bertz CT molecular complexity index is 1540. The van der Waals surface area contributed by atoms with Gasteiger partial charge in [0.05, 0.1) is 43.4 Å². The fourth-order valence-corrected chi connectivity index (χ4v) is 8.53. The van der Waals surface area contributed by atoms with Gasteiger partial charge in [-0.3, -0.25) is 0 Å². The average Bonchev–Trinajstić information content (AvgIpc) is 3.61. The number of hydrogen-bond acceptors (Lipinski definition) is 11. The molecular formula is C31H45N3O10S2. The van der Waals surface area contributed by atoms with Crippen molar-refractivity contribution in [1.82, 2.24) is 10.0 Å². The van der Waals surface area contributed by atoms with E-state index in [0.29, 0.717) is 24.3 Å². The largest absolute Gasteiger partial charge is 0.497 e. The first kappa shape index (κ1) is 36.1. The zero-order chi connectivity index (χ0) is 33.8. The van der Waals surface area contributed by atoms with Gasteiger partial charge in [-0.2, -0.15) is 0 Å². The number of carbonyl (C=O) groups excluding carboxylic acids is 1. The fraction of sp³-hybridized carbons (Fsp3) is 0.581. The van der Waals surface area contributed by atoms with Crippen molar-refractivity contribution in [2.45, 2.75) is 73.8 Å². The first-order chi connectivity index (χ1) is 21.5. The first-order valence-corrected chi connectivity index (χ1v) is 18.5. The Morgan fingerprint density at radius 3 is 2.39 bits per heavy atom. The molecule has 6 atom stereocenters. The highest BCUT2D eigenvalue weighted by molar-refractivity contribution is 7.92. The molecule has 2 aromatic rings. The molecule has 1 unspecified atom stereocenters. The fourth-order valence-electron chi connectivity index (χ4n) is 6.06. The van der Waals surface area contributed by atoms with Crippen molar-refractivity contribution in [2.24, 2.45) is 17.1 Å².